The van der Waals surface area contributed by atoms with Crippen molar-refractivity contribution >= 4 is 21.5 Å². The van der Waals surface area contributed by atoms with Gasteiger partial charge in [0.1, 0.15) is 5.76 Å². The van der Waals surface area contributed by atoms with E-state index < -0.39 is 10.0 Å². The van der Waals surface area contributed by atoms with E-state index in [0.29, 0.717) is 23.4 Å². The van der Waals surface area contributed by atoms with E-state index in [1.807, 2.05) is 0 Å². The monoisotopic (exact) mass is 307 g/mol. The second-order valence-electron chi connectivity index (χ2n) is 4.74. The molecule has 5 nitrogen and oxygen atoms in total. The highest BCUT2D eigenvalue weighted by Gasteiger charge is 2.13. The van der Waals surface area contributed by atoms with Gasteiger partial charge in [0, 0.05) is 11.3 Å². The molecule has 1 aromatic heterocycles. The van der Waals surface area contributed by atoms with Crippen LogP contribution in [0, 0.1) is 6.92 Å². The van der Waals surface area contributed by atoms with Crippen molar-refractivity contribution in [2.24, 2.45) is 0 Å². The van der Waals surface area contributed by atoms with Crippen molar-refractivity contribution < 1.29 is 17.6 Å². The molecule has 0 aliphatic heterocycles. The summed E-state index contributed by atoms with van der Waals surface area (Å²) in [6.45, 7) is 3.56. The number of carbonyl (C=O) groups is 1. The Morgan fingerprint density at radius 2 is 1.81 bits per heavy atom. The van der Waals surface area contributed by atoms with Crippen LogP contribution < -0.4 is 4.72 Å². The summed E-state index contributed by atoms with van der Waals surface area (Å²) in [6, 6.07) is 9.62. The first kappa shape index (κ1) is 15.3. The van der Waals surface area contributed by atoms with Crippen molar-refractivity contribution in [2.45, 2.75) is 20.3 Å². The van der Waals surface area contributed by atoms with Crippen LogP contribution in [0.4, 0.5) is 5.69 Å². The number of hydrogen-bond acceptors (Lipinski definition) is 4. The maximum Gasteiger partial charge on any atom is 0.232 e. The lowest BCUT2D eigenvalue weighted by Gasteiger charge is -2.07. The summed E-state index contributed by atoms with van der Waals surface area (Å²) >= 11 is 0. The molecule has 0 radical (unpaired) electrons. The third kappa shape index (κ3) is 3.95. The SMILES string of the molecule is CCCS(=O)(=O)Nc1ccc(C(=O)c2ccc(C)o2)cc1. The first-order valence-corrected chi connectivity index (χ1v) is 8.28. The molecule has 0 bridgehead atoms. The number of nitrogens with one attached hydrogen (secondary N) is 1. The van der Waals surface area contributed by atoms with E-state index in [2.05, 4.69) is 4.72 Å². The minimum absolute atomic E-state index is 0.0688. The number of anilines is 1. The zero-order valence-electron chi connectivity index (χ0n) is 11.9. The average molecular weight is 307 g/mol. The number of carbonyl (C=O) groups excluding carboxylic acids is 1. The van der Waals surface area contributed by atoms with Crippen LogP contribution in [0.15, 0.2) is 40.8 Å². The predicted octanol–water partition coefficient (Wildman–Crippen LogP) is 2.97. The third-order valence-corrected chi connectivity index (χ3v) is 4.35. The second-order valence-corrected chi connectivity index (χ2v) is 6.58. The van der Waals surface area contributed by atoms with Gasteiger partial charge in [-0.1, -0.05) is 6.92 Å². The highest BCUT2D eigenvalue weighted by molar-refractivity contribution is 7.92. The molecule has 21 heavy (non-hydrogen) atoms. The van der Waals surface area contributed by atoms with Crippen molar-refractivity contribution in [1.82, 2.24) is 0 Å². The molecule has 0 fully saturated rings. The first-order chi connectivity index (χ1) is 9.91. The number of aryl methyl sites for hydroxylation is 1. The Morgan fingerprint density at radius 3 is 2.33 bits per heavy atom. The largest absolute Gasteiger partial charge is 0.458 e. The van der Waals surface area contributed by atoms with E-state index in [1.54, 1.807) is 50.2 Å². The summed E-state index contributed by atoms with van der Waals surface area (Å²) in [5.74, 6) is 0.777. The first-order valence-electron chi connectivity index (χ1n) is 6.63. The molecule has 1 aromatic carbocycles. The highest BCUT2D eigenvalue weighted by Crippen LogP contribution is 2.16. The van der Waals surface area contributed by atoms with E-state index in [9.17, 15) is 13.2 Å². The van der Waals surface area contributed by atoms with Gasteiger partial charge in [0.2, 0.25) is 15.8 Å². The summed E-state index contributed by atoms with van der Waals surface area (Å²) < 4.78 is 31.0. The van der Waals surface area contributed by atoms with Crippen LogP contribution in [0.25, 0.3) is 0 Å². The number of furan rings is 1. The fraction of sp³-hybridized carbons (Fsp3) is 0.267. The molecule has 2 rings (SSSR count). The molecule has 0 unspecified atom stereocenters. The van der Waals surface area contributed by atoms with Crippen LogP contribution >= 0.6 is 0 Å². The molecule has 0 saturated carbocycles. The van der Waals surface area contributed by atoms with Gasteiger partial charge in [0.15, 0.2) is 5.76 Å². The minimum Gasteiger partial charge on any atom is -0.458 e. The molecule has 1 heterocycles. The minimum atomic E-state index is -3.32. The Labute approximate surface area is 124 Å². The number of ketones is 1. The molecule has 112 valence electrons. The lowest BCUT2D eigenvalue weighted by molar-refractivity contribution is 0.101. The van der Waals surface area contributed by atoms with Gasteiger partial charge in [0.05, 0.1) is 5.75 Å². The van der Waals surface area contributed by atoms with Crippen LogP contribution in [0.5, 0.6) is 0 Å². The number of sulfonamides is 1. The smallest absolute Gasteiger partial charge is 0.232 e. The van der Waals surface area contributed by atoms with Gasteiger partial charge in [-0.05, 0) is 49.7 Å². The Balaban J connectivity index is 2.14. The number of benzene rings is 1. The van der Waals surface area contributed by atoms with E-state index in [-0.39, 0.29) is 17.3 Å². The molecular formula is C15H17NO4S. The molecule has 6 heteroatoms. The summed E-state index contributed by atoms with van der Waals surface area (Å²) in [4.78, 5) is 12.1. The van der Waals surface area contributed by atoms with Crippen LogP contribution in [0.3, 0.4) is 0 Å². The number of rotatable bonds is 6. The lowest BCUT2D eigenvalue weighted by Crippen LogP contribution is -2.16. The van der Waals surface area contributed by atoms with Gasteiger partial charge in [-0.25, -0.2) is 8.42 Å². The van der Waals surface area contributed by atoms with Crippen LogP contribution in [0.1, 0.15) is 35.2 Å². The molecule has 0 spiro atoms. The summed E-state index contributed by atoms with van der Waals surface area (Å²) in [6.07, 6.45) is 0.545. The average Bonchev–Trinajstić information content (AvgIpc) is 2.85. The number of hydrogen-bond donors (Lipinski definition) is 1. The lowest BCUT2D eigenvalue weighted by atomic mass is 10.1. The molecule has 0 amide bonds. The van der Waals surface area contributed by atoms with Crippen LogP contribution in [-0.4, -0.2) is 20.0 Å². The van der Waals surface area contributed by atoms with Gasteiger partial charge < -0.3 is 4.42 Å². The van der Waals surface area contributed by atoms with E-state index in [0.717, 1.165) is 0 Å². The van der Waals surface area contributed by atoms with E-state index >= 15 is 0 Å². The van der Waals surface area contributed by atoms with Crippen LogP contribution in [-0.2, 0) is 10.0 Å². The van der Waals surface area contributed by atoms with E-state index in [1.165, 1.54) is 0 Å². The van der Waals surface area contributed by atoms with Gasteiger partial charge >= 0.3 is 0 Å². The van der Waals surface area contributed by atoms with Gasteiger partial charge in [0.25, 0.3) is 0 Å². The Morgan fingerprint density at radius 1 is 1.14 bits per heavy atom. The Hall–Kier alpha value is -2.08. The van der Waals surface area contributed by atoms with Crippen molar-refractivity contribution in [3.63, 3.8) is 0 Å². The van der Waals surface area contributed by atoms with E-state index in [4.69, 9.17) is 4.42 Å². The molecule has 1 N–H and O–H groups in total. The predicted molar refractivity (Wildman–Crippen MR) is 81.0 cm³/mol. The van der Waals surface area contributed by atoms with Crippen molar-refractivity contribution in [2.75, 3.05) is 10.5 Å². The Kier molecular flexibility index (Phi) is 4.47. The second kappa shape index (κ2) is 6.13. The van der Waals surface area contributed by atoms with Gasteiger partial charge in [-0.3, -0.25) is 9.52 Å². The summed E-state index contributed by atoms with van der Waals surface area (Å²) in [7, 11) is -3.32. The van der Waals surface area contributed by atoms with Gasteiger partial charge in [-0.15, -0.1) is 0 Å². The maximum absolute atomic E-state index is 12.1. The molecule has 0 aliphatic rings. The normalized spacial score (nSPS) is 11.3. The zero-order valence-corrected chi connectivity index (χ0v) is 12.7. The quantitative estimate of drug-likeness (QED) is 0.832. The fourth-order valence-electron chi connectivity index (χ4n) is 1.89. The summed E-state index contributed by atoms with van der Waals surface area (Å²) in [5.41, 5.74) is 0.887. The highest BCUT2D eigenvalue weighted by atomic mass is 32.2. The fourth-order valence-corrected chi connectivity index (χ4v) is 3.02. The van der Waals surface area contributed by atoms with Crippen molar-refractivity contribution in [3.05, 3.63) is 53.5 Å². The molecular weight excluding hydrogens is 290 g/mol. The maximum atomic E-state index is 12.1. The third-order valence-electron chi connectivity index (χ3n) is 2.86. The molecule has 0 aliphatic carbocycles. The molecule has 0 atom stereocenters. The van der Waals surface area contributed by atoms with Crippen molar-refractivity contribution in [3.8, 4) is 0 Å². The summed E-state index contributed by atoms with van der Waals surface area (Å²) in [5, 5.41) is 0. The molecule has 2 aromatic rings. The topological polar surface area (TPSA) is 76.4 Å². The molecule has 0 saturated heterocycles. The zero-order chi connectivity index (χ0) is 15.5. The Bertz CT molecular complexity index is 729. The standard InChI is InChI=1S/C15H17NO4S/c1-3-10-21(18,19)16-13-7-5-12(6-8-13)15(17)14-9-4-11(2)20-14/h4-9,16H,3,10H2,1-2H3. The van der Waals surface area contributed by atoms with Crippen molar-refractivity contribution in [1.29, 1.82) is 0 Å². The van der Waals surface area contributed by atoms with Gasteiger partial charge in [-0.2, -0.15) is 0 Å². The van der Waals surface area contributed by atoms with Crippen LogP contribution in [0.2, 0.25) is 0 Å².